The maximum absolute atomic E-state index is 15.6. The van der Waals surface area contributed by atoms with Crippen molar-refractivity contribution in [2.75, 3.05) is 19.0 Å². The summed E-state index contributed by atoms with van der Waals surface area (Å²) in [7, 11) is 1.38. The highest BCUT2D eigenvalue weighted by molar-refractivity contribution is 7.23. The van der Waals surface area contributed by atoms with E-state index in [0.29, 0.717) is 64.6 Å². The number of alkyl halides is 1. The minimum atomic E-state index is -1.34. The molecule has 6 heterocycles. The van der Waals surface area contributed by atoms with Gasteiger partial charge in [-0.05, 0) is 72.5 Å². The molecule has 2 aromatic carbocycles. The number of rotatable bonds is 8. The number of aryl methyl sites for hydroxylation is 3. The molecule has 1 fully saturated rings. The summed E-state index contributed by atoms with van der Waals surface area (Å²) in [5.74, 6) is 0.224. The van der Waals surface area contributed by atoms with Crippen molar-refractivity contribution in [2.45, 2.75) is 57.3 Å². The maximum atomic E-state index is 15.6. The van der Waals surface area contributed by atoms with Gasteiger partial charge in [0.15, 0.2) is 11.6 Å². The highest BCUT2D eigenvalue weighted by Crippen LogP contribution is 2.51. The van der Waals surface area contributed by atoms with Gasteiger partial charge in [-0.25, -0.2) is 18.2 Å². The second-order valence-electron chi connectivity index (χ2n) is 13.2. The van der Waals surface area contributed by atoms with Gasteiger partial charge >= 0.3 is 0 Å². The van der Waals surface area contributed by atoms with Gasteiger partial charge < -0.3 is 19.4 Å². The van der Waals surface area contributed by atoms with E-state index in [9.17, 15) is 13.6 Å². The Morgan fingerprint density at radius 2 is 1.90 bits per heavy atom. The van der Waals surface area contributed by atoms with Crippen molar-refractivity contribution >= 4 is 33.1 Å². The van der Waals surface area contributed by atoms with Gasteiger partial charge in [0.25, 0.3) is 5.91 Å². The van der Waals surface area contributed by atoms with E-state index in [-0.39, 0.29) is 35.8 Å². The number of hydrogen-bond donors (Lipinski definition) is 1. The number of carbonyl (C=O) groups is 1. The summed E-state index contributed by atoms with van der Waals surface area (Å²) in [5.41, 5.74) is 5.27. The van der Waals surface area contributed by atoms with Gasteiger partial charge in [-0.15, -0.1) is 21.5 Å². The van der Waals surface area contributed by atoms with E-state index in [2.05, 4.69) is 20.5 Å². The molecule has 6 aromatic rings. The maximum Gasteiger partial charge on any atom is 0.257 e. The Balaban J connectivity index is 1.20. The van der Waals surface area contributed by atoms with E-state index in [1.54, 1.807) is 31.3 Å². The zero-order valence-corrected chi connectivity index (χ0v) is 28.5. The molecule has 2 aliphatic heterocycles. The van der Waals surface area contributed by atoms with Crippen LogP contribution in [0.2, 0.25) is 0 Å². The van der Waals surface area contributed by atoms with Gasteiger partial charge in [0, 0.05) is 42.1 Å². The molecule has 1 amide bonds. The zero-order valence-electron chi connectivity index (χ0n) is 27.7. The molecular weight excluding hydrogens is 678 g/mol. The van der Waals surface area contributed by atoms with Crippen molar-refractivity contribution in [1.29, 1.82) is 0 Å². The fourth-order valence-corrected chi connectivity index (χ4v) is 9.04. The van der Waals surface area contributed by atoms with E-state index >= 15 is 4.39 Å². The summed E-state index contributed by atoms with van der Waals surface area (Å²) in [5, 5.41) is 12.7. The van der Waals surface area contributed by atoms with Crippen molar-refractivity contribution in [3.63, 3.8) is 0 Å². The highest BCUT2D eigenvalue weighted by Gasteiger charge is 2.45. The second-order valence-corrected chi connectivity index (χ2v) is 14.2. The Kier molecular flexibility index (Phi) is 7.57. The van der Waals surface area contributed by atoms with Gasteiger partial charge in [0.05, 0.1) is 46.4 Å². The van der Waals surface area contributed by atoms with Crippen molar-refractivity contribution < 1.29 is 27.1 Å². The molecule has 0 radical (unpaired) electrons. The first-order valence-corrected chi connectivity index (χ1v) is 17.7. The number of carbonyl (C=O) groups excluding carboxylic acids is 1. The number of methoxy groups -OCH3 is 1. The van der Waals surface area contributed by atoms with E-state index in [1.807, 2.05) is 17.0 Å². The fraction of sp³-hybridized carbons (Fsp3) is 0.289. The summed E-state index contributed by atoms with van der Waals surface area (Å²) in [6.07, 6.45) is 3.09. The largest absolute Gasteiger partial charge is 0.493 e. The first-order chi connectivity index (χ1) is 24.8. The van der Waals surface area contributed by atoms with Crippen molar-refractivity contribution in [3.05, 3.63) is 106 Å². The van der Waals surface area contributed by atoms with E-state index in [1.165, 1.54) is 36.6 Å². The van der Waals surface area contributed by atoms with Gasteiger partial charge in [-0.2, -0.15) is 0 Å². The number of ether oxygens (including phenoxy) is 1. The van der Waals surface area contributed by atoms with Crippen LogP contribution in [0, 0.1) is 18.6 Å². The number of hydrogen-bond acceptors (Lipinski definition) is 9. The second kappa shape index (κ2) is 12.2. The van der Waals surface area contributed by atoms with Crippen LogP contribution in [0.5, 0.6) is 5.75 Å². The van der Waals surface area contributed by atoms with Crippen LogP contribution in [-0.4, -0.2) is 50.8 Å². The minimum absolute atomic E-state index is 0.0101. The molecule has 1 saturated heterocycles. The lowest BCUT2D eigenvalue weighted by molar-refractivity contribution is 0.0776. The molecule has 0 unspecified atom stereocenters. The molecule has 0 spiro atoms. The lowest BCUT2D eigenvalue weighted by Gasteiger charge is -2.18. The van der Waals surface area contributed by atoms with Crippen LogP contribution in [0.3, 0.4) is 0 Å². The Hall–Kier alpha value is -5.30. The van der Waals surface area contributed by atoms with Crippen molar-refractivity contribution in [1.82, 2.24) is 25.1 Å². The van der Waals surface area contributed by atoms with Crippen molar-refractivity contribution in [3.8, 4) is 27.6 Å². The number of halogens is 3. The number of benzene rings is 2. The Morgan fingerprint density at radius 3 is 2.69 bits per heavy atom. The molecule has 9 nitrogen and oxygen atoms in total. The zero-order chi connectivity index (χ0) is 35.0. The molecule has 13 heteroatoms. The van der Waals surface area contributed by atoms with Crippen LogP contribution < -0.4 is 10.1 Å². The Morgan fingerprint density at radius 1 is 1.06 bits per heavy atom. The molecule has 1 N–H and O–H groups in total. The molecule has 0 saturated carbocycles. The first-order valence-electron chi connectivity index (χ1n) is 16.9. The SMILES string of the molecule is COc1c(F)ccc2c1C[C@@H](F)[C@H]2Nc1nccc2cc(-c3c4c(nc(CCc5ccc(F)cc5)c3-c3nnc(C)o3)[C@H]3CCCN3C4=O)sc12. The fourth-order valence-electron chi connectivity index (χ4n) is 7.87. The van der Waals surface area contributed by atoms with Crippen LogP contribution in [0.25, 0.3) is 32.0 Å². The number of anilines is 1. The number of nitrogens with one attached hydrogen (secondary N) is 1. The minimum Gasteiger partial charge on any atom is -0.493 e. The number of amides is 1. The summed E-state index contributed by atoms with van der Waals surface area (Å²) in [4.78, 5) is 26.7. The molecule has 3 atom stereocenters. The van der Waals surface area contributed by atoms with Crippen LogP contribution in [0.15, 0.2) is 59.1 Å². The molecule has 1 aliphatic carbocycles. The normalized spacial score (nSPS) is 19.1. The molecular formula is C38H31F3N6O3S. The number of nitrogens with zero attached hydrogens (tertiary/aromatic N) is 5. The Bertz CT molecular complexity index is 2360. The molecule has 9 rings (SSSR count). The lowest BCUT2D eigenvalue weighted by atomic mass is 9.93. The predicted molar refractivity (Wildman–Crippen MR) is 186 cm³/mol. The molecule has 3 aliphatic rings. The standard InChI is InChI=1S/C38H31F3N6O3S/c1-18-45-46-37(50-18)29-26(12-7-19-5-8-21(39)9-6-19)43-33-27-4-3-15-47(27)38(48)31(33)30(29)28-16-20-13-14-42-36(35(20)51-28)44-32-22-10-11-24(40)34(49-2)23(22)17-25(32)41/h5-6,8-11,13-14,16,25,27,32H,3-4,7,12,15,17H2,1-2H3,(H,42,44)/t25-,27-,32+/m1/s1. The topological polar surface area (TPSA) is 106 Å². The van der Waals surface area contributed by atoms with E-state index in [4.69, 9.17) is 14.1 Å². The predicted octanol–water partition coefficient (Wildman–Crippen LogP) is 8.13. The van der Waals surface area contributed by atoms with Gasteiger partial charge in [-0.1, -0.05) is 18.2 Å². The summed E-state index contributed by atoms with van der Waals surface area (Å²) < 4.78 is 56.0. The number of pyridine rings is 2. The lowest BCUT2D eigenvalue weighted by Crippen LogP contribution is -2.22. The molecule has 0 bridgehead atoms. The monoisotopic (exact) mass is 708 g/mol. The first kappa shape index (κ1) is 31.7. The van der Waals surface area contributed by atoms with Crippen LogP contribution in [0.4, 0.5) is 19.0 Å². The number of fused-ring (bicyclic) bond motifs is 5. The van der Waals surface area contributed by atoms with E-state index in [0.717, 1.165) is 39.1 Å². The molecule has 258 valence electrons. The average molecular weight is 709 g/mol. The third-order valence-corrected chi connectivity index (χ3v) is 11.3. The quantitative estimate of drug-likeness (QED) is 0.169. The molecule has 4 aromatic heterocycles. The summed E-state index contributed by atoms with van der Waals surface area (Å²) in [6.45, 7) is 2.36. The van der Waals surface area contributed by atoms with Crippen molar-refractivity contribution in [2.24, 2.45) is 0 Å². The number of thiophene rings is 1. The molecule has 51 heavy (non-hydrogen) atoms. The third-order valence-electron chi connectivity index (χ3n) is 10.2. The van der Waals surface area contributed by atoms with Crippen LogP contribution >= 0.6 is 11.3 Å². The Labute approximate surface area is 294 Å². The summed E-state index contributed by atoms with van der Waals surface area (Å²) in [6, 6.07) is 12.3. The van der Waals surface area contributed by atoms with Gasteiger partial charge in [-0.3, -0.25) is 9.78 Å². The van der Waals surface area contributed by atoms with Crippen LogP contribution in [-0.2, 0) is 19.3 Å². The highest BCUT2D eigenvalue weighted by atomic mass is 32.1. The number of aromatic nitrogens is 4. The van der Waals surface area contributed by atoms with Crippen LogP contribution in [0.1, 0.15) is 69.3 Å². The smallest absolute Gasteiger partial charge is 0.257 e. The van der Waals surface area contributed by atoms with Gasteiger partial charge in [0.1, 0.15) is 17.8 Å². The summed E-state index contributed by atoms with van der Waals surface area (Å²) >= 11 is 1.43. The van der Waals surface area contributed by atoms with E-state index < -0.39 is 18.0 Å². The average Bonchev–Trinajstić information content (AvgIpc) is 3.96. The third kappa shape index (κ3) is 5.16. The van der Waals surface area contributed by atoms with Gasteiger partial charge in [0.2, 0.25) is 11.8 Å².